The van der Waals surface area contributed by atoms with Crippen LogP contribution in [-0.2, 0) is 9.59 Å². The molecular weight excluding hydrogens is 938 g/mol. The molecule has 16 heteroatoms. The number of pyridine rings is 4. The number of fused-ring (bicyclic) bond motifs is 3. The highest BCUT2D eigenvalue weighted by Crippen LogP contribution is 2.25. The Balaban J connectivity index is 0.00000300. The van der Waals surface area contributed by atoms with Crippen molar-refractivity contribution < 1.29 is 76.1 Å². The van der Waals surface area contributed by atoms with E-state index < -0.39 is 11.8 Å². The van der Waals surface area contributed by atoms with Gasteiger partial charge in [-0.3, -0.25) is 19.2 Å². The van der Waals surface area contributed by atoms with Crippen molar-refractivity contribution in [2.24, 2.45) is 0 Å². The molecule has 0 atom stereocenters. The first kappa shape index (κ1) is 42.7. The van der Waals surface area contributed by atoms with E-state index in [0.717, 1.165) is 62.6 Å². The third-order valence-corrected chi connectivity index (χ3v) is 10.3. The molecule has 2 aliphatic rings. The minimum absolute atomic E-state index is 0. The smallest absolute Gasteiger partial charge is 0.280 e. The highest BCUT2D eigenvalue weighted by atomic mass is 127. The fourth-order valence-electron chi connectivity index (χ4n) is 7.45. The number of anilines is 4. The Hall–Kier alpha value is -4.40. The van der Waals surface area contributed by atoms with Crippen molar-refractivity contribution in [3.05, 3.63) is 84.2 Å². The molecule has 4 amide bonds. The molecule has 294 valence electrons. The molecule has 7 rings (SSSR count). The van der Waals surface area contributed by atoms with Gasteiger partial charge >= 0.3 is 0 Å². The number of quaternary nitrogens is 2. The van der Waals surface area contributed by atoms with Crippen molar-refractivity contribution in [3.8, 4) is 0 Å². The van der Waals surface area contributed by atoms with Crippen LogP contribution in [0.15, 0.2) is 72.8 Å². The minimum atomic E-state index is -0.491. The number of halogens is 2. The average molecular weight is 985 g/mol. The molecule has 5 aromatic rings. The normalized spacial score (nSPS) is 15.8. The van der Waals surface area contributed by atoms with E-state index >= 15 is 0 Å². The first-order valence-electron chi connectivity index (χ1n) is 18.6. The van der Waals surface area contributed by atoms with Gasteiger partial charge in [0.2, 0.25) is 0 Å². The van der Waals surface area contributed by atoms with Crippen molar-refractivity contribution in [2.75, 3.05) is 74.6 Å². The summed E-state index contributed by atoms with van der Waals surface area (Å²) in [6.45, 7) is 4.63. The molecule has 1 aromatic carbocycles. The van der Waals surface area contributed by atoms with Crippen LogP contribution in [0.3, 0.4) is 0 Å². The van der Waals surface area contributed by atoms with Gasteiger partial charge in [0.05, 0.1) is 51.3 Å². The van der Waals surface area contributed by atoms with Crippen LogP contribution in [0, 0.1) is 0 Å². The number of hydrogen-bond acceptors (Lipinski definition) is 8. The van der Waals surface area contributed by atoms with Crippen LogP contribution in [0.4, 0.5) is 23.3 Å². The monoisotopic (exact) mass is 984 g/mol. The molecule has 0 spiro atoms. The van der Waals surface area contributed by atoms with Crippen LogP contribution in [0.5, 0.6) is 0 Å². The average Bonchev–Trinajstić information content (AvgIpc) is 3.14. The largest absolute Gasteiger partial charge is 1.00 e. The standard InChI is InChI=1S/C40H44N10O4.2HI/c1-49(21-5-3-6-22-49)25-35(51)45-31-11-9-13-33(43-31)47-39(53)29-19-17-27-15-16-28-18-20-30(42-38(28)37(27)41-29)40(54)48-34-14-10-12-32(44-34)46-36(52)26-50(2)23-7-4-8-24-50;;/h9-20H,3-8,21-26H2,1-2H3,(H2-2,43,44,45,46,47,48,51,52,53,54);2*1H. The molecule has 2 aliphatic heterocycles. The number of likely N-dealkylation sites (N-methyl/N-ethyl adjacent to an activating group) is 2. The predicted octanol–water partition coefficient (Wildman–Crippen LogP) is -0.776. The molecule has 56 heavy (non-hydrogen) atoms. The maximum atomic E-state index is 13.4. The van der Waals surface area contributed by atoms with Gasteiger partial charge in [0.15, 0.2) is 13.1 Å². The Kier molecular flexibility index (Phi) is 14.3. The molecule has 0 aliphatic carbocycles. The van der Waals surface area contributed by atoms with Crippen LogP contribution < -0.4 is 69.2 Å². The van der Waals surface area contributed by atoms with Crippen molar-refractivity contribution in [2.45, 2.75) is 38.5 Å². The zero-order valence-electron chi connectivity index (χ0n) is 31.5. The Morgan fingerprint density at radius 3 is 1.20 bits per heavy atom. The first-order chi connectivity index (χ1) is 26.0. The summed E-state index contributed by atoms with van der Waals surface area (Å²) in [5.41, 5.74) is 1.16. The lowest BCUT2D eigenvalue weighted by Crippen LogP contribution is -3.00. The minimum Gasteiger partial charge on any atom is -1.00 e. The number of nitrogens with one attached hydrogen (secondary N) is 4. The van der Waals surface area contributed by atoms with Gasteiger partial charge in [0.25, 0.3) is 23.6 Å². The second-order valence-corrected chi connectivity index (χ2v) is 15.0. The number of piperidine rings is 2. The molecular formula is C40H46I2N10O4. The van der Waals surface area contributed by atoms with Crippen molar-refractivity contribution in [3.63, 3.8) is 0 Å². The quantitative estimate of drug-likeness (QED) is 0.0805. The molecule has 6 heterocycles. The second-order valence-electron chi connectivity index (χ2n) is 15.0. The van der Waals surface area contributed by atoms with E-state index in [1.165, 1.54) is 12.8 Å². The number of hydrogen-bond donors (Lipinski definition) is 4. The molecule has 4 aromatic heterocycles. The SMILES string of the molecule is C[N+]1(CC(=O)Nc2cccc(NC(=O)c3ccc4ccc5ccc(C(=O)Nc6cccc(NC(=O)C[N+]7(C)CCCCC7)n6)nc5c4n3)n2)CCCCC1.[I-].[I-]. The van der Waals surface area contributed by atoms with Gasteiger partial charge in [-0.25, -0.2) is 19.9 Å². The number of carbonyl (C=O) groups is 4. The summed E-state index contributed by atoms with van der Waals surface area (Å²) in [7, 11) is 4.21. The van der Waals surface area contributed by atoms with E-state index in [0.29, 0.717) is 44.7 Å². The first-order valence-corrected chi connectivity index (χ1v) is 18.6. The van der Waals surface area contributed by atoms with Crippen molar-refractivity contribution in [1.82, 2.24) is 19.9 Å². The summed E-state index contributed by atoms with van der Waals surface area (Å²) in [5, 5.41) is 12.8. The van der Waals surface area contributed by atoms with Gasteiger partial charge < -0.3 is 78.2 Å². The molecule has 0 bridgehead atoms. The number of rotatable bonds is 10. The molecule has 2 saturated heterocycles. The summed E-state index contributed by atoms with van der Waals surface area (Å²) >= 11 is 0. The van der Waals surface area contributed by atoms with Gasteiger partial charge in [0.1, 0.15) is 34.7 Å². The van der Waals surface area contributed by atoms with Crippen LogP contribution in [0.2, 0.25) is 0 Å². The fourth-order valence-corrected chi connectivity index (χ4v) is 7.45. The number of likely N-dealkylation sites (tertiary alicyclic amines) is 2. The number of amides is 4. The maximum Gasteiger partial charge on any atom is 0.280 e. The summed E-state index contributed by atoms with van der Waals surface area (Å²) in [6.07, 6.45) is 6.86. The maximum absolute atomic E-state index is 13.4. The topological polar surface area (TPSA) is 168 Å². The van der Waals surface area contributed by atoms with E-state index in [4.69, 9.17) is 0 Å². The highest BCUT2D eigenvalue weighted by Gasteiger charge is 2.29. The van der Waals surface area contributed by atoms with E-state index in [9.17, 15) is 19.2 Å². The lowest BCUT2D eigenvalue weighted by molar-refractivity contribution is -0.906. The van der Waals surface area contributed by atoms with E-state index in [1.54, 1.807) is 60.7 Å². The van der Waals surface area contributed by atoms with Crippen LogP contribution in [0.25, 0.3) is 21.8 Å². The molecule has 0 unspecified atom stereocenters. The lowest BCUT2D eigenvalue weighted by atomic mass is 10.1. The highest BCUT2D eigenvalue weighted by molar-refractivity contribution is 6.09. The Bertz CT molecular complexity index is 2090. The lowest BCUT2D eigenvalue weighted by Gasteiger charge is -2.36. The van der Waals surface area contributed by atoms with Crippen molar-refractivity contribution >= 4 is 68.7 Å². The summed E-state index contributed by atoms with van der Waals surface area (Å²) < 4.78 is 1.41. The second kappa shape index (κ2) is 18.7. The molecule has 14 nitrogen and oxygen atoms in total. The van der Waals surface area contributed by atoms with Crippen LogP contribution in [-0.4, -0.2) is 106 Å². The van der Waals surface area contributed by atoms with Gasteiger partial charge in [-0.2, -0.15) is 0 Å². The summed E-state index contributed by atoms with van der Waals surface area (Å²) in [6, 6.07) is 20.6. The van der Waals surface area contributed by atoms with Gasteiger partial charge in [-0.1, -0.05) is 36.4 Å². The number of benzene rings is 1. The Morgan fingerprint density at radius 1 is 0.482 bits per heavy atom. The van der Waals surface area contributed by atoms with Crippen LogP contribution in [0.1, 0.15) is 59.5 Å². The third kappa shape index (κ3) is 10.7. The molecule has 0 radical (unpaired) electrons. The molecule has 2 fully saturated rings. The number of carbonyl (C=O) groups excluding carboxylic acids is 4. The summed E-state index contributed by atoms with van der Waals surface area (Å²) in [5.74, 6) is 0.0152. The molecule has 0 saturated carbocycles. The predicted molar refractivity (Wildman–Crippen MR) is 208 cm³/mol. The zero-order valence-corrected chi connectivity index (χ0v) is 35.8. The van der Waals surface area contributed by atoms with E-state index in [-0.39, 0.29) is 82.8 Å². The van der Waals surface area contributed by atoms with Crippen molar-refractivity contribution in [1.29, 1.82) is 0 Å². The number of aromatic nitrogens is 4. The zero-order chi connectivity index (χ0) is 37.7. The number of nitrogens with zero attached hydrogens (tertiary/aromatic N) is 6. The Labute approximate surface area is 359 Å². The fraction of sp³-hybridized carbons (Fsp3) is 0.350. The van der Waals surface area contributed by atoms with Gasteiger partial charge in [0, 0.05) is 10.8 Å². The van der Waals surface area contributed by atoms with Gasteiger partial charge in [-0.05, 0) is 74.9 Å². The Morgan fingerprint density at radius 2 is 0.821 bits per heavy atom. The van der Waals surface area contributed by atoms with E-state index in [1.807, 2.05) is 12.1 Å². The van der Waals surface area contributed by atoms with E-state index in [2.05, 4.69) is 55.3 Å². The summed E-state index contributed by atoms with van der Waals surface area (Å²) in [4.78, 5) is 70.6. The third-order valence-electron chi connectivity index (χ3n) is 10.3. The van der Waals surface area contributed by atoms with Crippen LogP contribution >= 0.6 is 0 Å². The van der Waals surface area contributed by atoms with Gasteiger partial charge in [-0.15, -0.1) is 0 Å². The molecule has 4 N–H and O–H groups in total.